The van der Waals surface area contributed by atoms with Crippen molar-refractivity contribution in [2.75, 3.05) is 125 Å². The van der Waals surface area contributed by atoms with E-state index < -0.39 is 46.5 Å². The van der Waals surface area contributed by atoms with E-state index in [4.69, 9.17) is 35.3 Å². The van der Waals surface area contributed by atoms with Gasteiger partial charge in [0.2, 0.25) is 11.6 Å². The van der Waals surface area contributed by atoms with Crippen LogP contribution in [0.3, 0.4) is 0 Å². The maximum absolute atomic E-state index is 13.6. The number of hydrogen-bond acceptors (Lipinski definition) is 27. The quantitative estimate of drug-likeness (QED) is 0.00415. The molecule has 34 nitrogen and oxygen atoms in total. The third kappa shape index (κ3) is 35.8. The summed E-state index contributed by atoms with van der Waals surface area (Å²) in [5, 5.41) is 57.5. The molecule has 0 saturated carbocycles. The molecule has 8 N–H and O–H groups in total. The van der Waals surface area contributed by atoms with Crippen LogP contribution >= 0.6 is 0 Å². The first kappa shape index (κ1) is 108. The van der Waals surface area contributed by atoms with E-state index in [1.54, 1.807) is 48.5 Å². The third-order valence-electron chi connectivity index (χ3n) is 20.1. The minimum absolute atomic E-state index is 0.0591. The van der Waals surface area contributed by atoms with Crippen LogP contribution in [0.5, 0.6) is 0 Å². The molecule has 0 aliphatic carbocycles. The Balaban J connectivity index is 0.000000186. The minimum atomic E-state index is -0.731. The number of nitrogens with zero attached hydrogens (tertiary/aromatic N) is 20. The number of benzene rings is 8. The summed E-state index contributed by atoms with van der Waals surface area (Å²) in [6.07, 6.45) is 5.47. The van der Waals surface area contributed by atoms with Gasteiger partial charge in [-0.05, 0) is 234 Å². The van der Waals surface area contributed by atoms with Crippen LogP contribution in [0.2, 0.25) is 0 Å². The maximum atomic E-state index is 13.6. The van der Waals surface area contributed by atoms with E-state index in [2.05, 4.69) is 111 Å². The average Bonchev–Trinajstić information content (AvgIpc) is 1.18. The molecule has 8 aromatic carbocycles. The van der Waals surface area contributed by atoms with E-state index in [1.165, 1.54) is 104 Å². The number of hydrogen-bond donors (Lipinski definition) is 6. The first-order valence-corrected chi connectivity index (χ1v) is 45.2. The van der Waals surface area contributed by atoms with Gasteiger partial charge in [-0.3, -0.25) is 19.2 Å². The van der Waals surface area contributed by atoms with Crippen molar-refractivity contribution in [3.63, 3.8) is 0 Å². The van der Waals surface area contributed by atoms with Gasteiger partial charge in [-0.1, -0.05) is 93.4 Å². The topological polar surface area (TPSA) is 416 Å². The van der Waals surface area contributed by atoms with Crippen LogP contribution in [0.25, 0.3) is 67.8 Å². The molecule has 14 aromatic rings. The molecule has 142 heavy (non-hydrogen) atoms. The lowest BCUT2D eigenvalue weighted by Crippen LogP contribution is -2.26. The molecule has 1 aliphatic rings. The molecule has 0 amide bonds. The molecule has 6 aromatic heterocycles. The molecule has 1 aliphatic heterocycles. The van der Waals surface area contributed by atoms with Crippen LogP contribution in [-0.4, -0.2) is 211 Å². The van der Waals surface area contributed by atoms with E-state index in [0.29, 0.717) is 66.5 Å². The molecule has 0 atom stereocenters. The van der Waals surface area contributed by atoms with Crippen molar-refractivity contribution in [1.82, 2.24) is 79.4 Å². The highest BCUT2D eigenvalue weighted by Gasteiger charge is 2.18. The summed E-state index contributed by atoms with van der Waals surface area (Å²) < 4.78 is 129. The molecule has 15 rings (SSSR count). The van der Waals surface area contributed by atoms with Crippen LogP contribution in [0.15, 0.2) is 272 Å². The zero-order valence-corrected chi connectivity index (χ0v) is 79.8. The summed E-state index contributed by atoms with van der Waals surface area (Å²) in [5.74, 6) is -4.87. The Kier molecular flexibility index (Phi) is 42.3. The third-order valence-corrected chi connectivity index (χ3v) is 20.1. The first-order chi connectivity index (χ1) is 68.4. The highest BCUT2D eigenvalue weighted by molar-refractivity contribution is 5.98. The van der Waals surface area contributed by atoms with Gasteiger partial charge in [0.05, 0.1) is 62.0 Å². The van der Waals surface area contributed by atoms with Crippen molar-refractivity contribution < 1.29 is 59.0 Å². The lowest BCUT2D eigenvalue weighted by Gasteiger charge is -2.10. The number of oxime groups is 2. The van der Waals surface area contributed by atoms with Gasteiger partial charge < -0.3 is 65.9 Å². The standard InChI is InChI=1S/C26H31F2N7O2.C24H24F2N6O2.C21H17F2N5O2.C18H14F2N4O2.C7H17N3.C4H8O/c1-4-30-26(31-11-6-12-34(2)3)37-33-25(29)19-8-5-7-18(13-19)17-35-24(36)10-9-23(32-35)20-14-21(27)16-22(28)15-20;1-31(2)10-4-9-27-24-28-23(30-34-24)17-6-3-5-16(11-17)15-32-22(33)8-7-21(29-32)18-12-19(25)14-20(26)13-18;1-2-24-21-25-20(27-30-21)14-5-3-4-13(8-14)12-28-19(29)7-6-18(26-28)15-9-16(22)11-17(23)10-15;19-14-7-13(8-15(20)9-14)16-4-5-17(25)24(22-16)10-11-2-1-3-12(6-11)18(21)23-26;1-4-8-9-6-5-7-10(2)3;1-2-4-5-3-1/h5,7-10,13-16H,4,6,11-12,17H2,1-3H3,(H2,29,33)(H,30,31);3,5-8,11-14H,4,9-10,15H2,1-2H3,(H,27,28,30);3-11H,2,12H2,1H3,(H,24,25,27);1-9,26H,10H2,(H2,21,23);4-7H2,1-3H3;1-4H2. The Morgan fingerprint density at radius 3 is 1.11 bits per heavy atom. The number of amidine groups is 3. The van der Waals surface area contributed by atoms with Crippen LogP contribution in [0.1, 0.15) is 86.3 Å². The van der Waals surface area contributed by atoms with Crippen molar-refractivity contribution in [2.24, 2.45) is 37.0 Å². The fourth-order valence-electron chi connectivity index (χ4n) is 13.4. The zero-order chi connectivity index (χ0) is 102. The molecule has 0 unspecified atom stereocenters. The van der Waals surface area contributed by atoms with E-state index >= 15 is 0 Å². The van der Waals surface area contributed by atoms with Gasteiger partial charge in [-0.2, -0.15) is 40.6 Å². The summed E-state index contributed by atoms with van der Waals surface area (Å²) in [6.45, 7) is 15.6. The van der Waals surface area contributed by atoms with Gasteiger partial charge in [0.15, 0.2) is 11.7 Å². The fraction of sp³-hybridized carbons (Fsp3) is 0.290. The van der Waals surface area contributed by atoms with Crippen LogP contribution in [0.4, 0.5) is 47.2 Å². The maximum Gasteiger partial charge on any atom is 0.321 e. The number of rotatable bonds is 34. The molecule has 746 valence electrons. The smallest absolute Gasteiger partial charge is 0.321 e. The summed E-state index contributed by atoms with van der Waals surface area (Å²) >= 11 is 0. The van der Waals surface area contributed by atoms with Gasteiger partial charge in [-0.25, -0.2) is 58.8 Å². The zero-order valence-electron chi connectivity index (χ0n) is 79.8. The summed E-state index contributed by atoms with van der Waals surface area (Å²) in [6, 6.07) is 52.7. The second-order valence-corrected chi connectivity index (χ2v) is 32.5. The molecule has 0 bridgehead atoms. The summed E-state index contributed by atoms with van der Waals surface area (Å²) in [7, 11) is 12.2. The normalized spacial score (nSPS) is 11.9. The second kappa shape index (κ2) is 55.6. The average molecular weight is 1960 g/mol. The molecular weight excluding hydrogens is 1850 g/mol. The number of nitrogens with two attached hydrogens (primary N) is 2. The molecule has 0 spiro atoms. The Morgan fingerprint density at radius 2 is 0.768 bits per heavy atom. The summed E-state index contributed by atoms with van der Waals surface area (Å²) in [5.41, 5.74) is 17.8. The molecular formula is C100H111F8N25O9. The number of anilines is 2. The Hall–Kier alpha value is -16.0. The van der Waals surface area contributed by atoms with Crippen molar-refractivity contribution in [2.45, 2.75) is 79.1 Å². The SMILES string of the molecule is C1CCOC1.CCN=NCCCN(C)C.CCNC(=NCCCN(C)C)O/N=C(\N)c1cccc(Cn2nc(-c3cc(F)cc(F)c3)ccc2=O)c1.CCNc1nc(-c2cccc(Cn3nc(-c4cc(F)cc(F)c4)ccc3=O)c2)no1.CN(C)CCCNc1nc(-c2cccc(Cn3nc(-c4cc(F)cc(F)c4)ccc3=O)c2)no1.N/C(=N\O)c1cccc(Cn2nc(-c3cc(F)cc(F)c3)ccc2=O)c1. The number of aliphatic imine (C=N–C) groups is 1. The van der Waals surface area contributed by atoms with Crippen molar-refractivity contribution in [1.29, 1.82) is 0 Å². The van der Waals surface area contributed by atoms with E-state index in [1.807, 2.05) is 97.5 Å². The van der Waals surface area contributed by atoms with Crippen LogP contribution in [0, 0.1) is 46.5 Å². The lowest BCUT2D eigenvalue weighted by atomic mass is 10.1. The van der Waals surface area contributed by atoms with Crippen LogP contribution in [-0.2, 0) is 35.8 Å². The highest BCUT2D eigenvalue weighted by atomic mass is 19.2. The number of halogens is 8. The van der Waals surface area contributed by atoms with E-state index in [0.717, 1.165) is 142 Å². The van der Waals surface area contributed by atoms with Gasteiger partial charge >= 0.3 is 18.1 Å². The van der Waals surface area contributed by atoms with E-state index in [9.17, 15) is 54.3 Å². The summed E-state index contributed by atoms with van der Waals surface area (Å²) in [4.78, 5) is 73.9. The van der Waals surface area contributed by atoms with Gasteiger partial charge in [0, 0.05) is 132 Å². The number of nitrogens with one attached hydrogen (secondary N) is 3. The van der Waals surface area contributed by atoms with E-state index in [-0.39, 0.29) is 111 Å². The number of azo groups is 1. The van der Waals surface area contributed by atoms with Gasteiger partial charge in [-0.15, -0.1) is 0 Å². The number of ether oxygens (including phenoxy) is 1. The van der Waals surface area contributed by atoms with Crippen LogP contribution < -0.4 is 49.7 Å². The fourth-order valence-corrected chi connectivity index (χ4v) is 13.4. The molecule has 7 heterocycles. The van der Waals surface area contributed by atoms with Crippen molar-refractivity contribution in [3.8, 4) is 67.8 Å². The molecule has 1 fully saturated rings. The minimum Gasteiger partial charge on any atom is -0.409 e. The Labute approximate surface area is 812 Å². The van der Waals surface area contributed by atoms with Gasteiger partial charge in [0.25, 0.3) is 22.2 Å². The highest BCUT2D eigenvalue weighted by Crippen LogP contribution is 2.27. The molecule has 42 heteroatoms. The van der Waals surface area contributed by atoms with Crippen molar-refractivity contribution >= 4 is 29.7 Å². The monoisotopic (exact) mass is 1960 g/mol. The predicted molar refractivity (Wildman–Crippen MR) is 527 cm³/mol. The predicted octanol–water partition coefficient (Wildman–Crippen LogP) is 14.7. The second-order valence-electron chi connectivity index (χ2n) is 32.5. The Bertz CT molecular complexity index is 6760. The largest absolute Gasteiger partial charge is 0.409 e. The van der Waals surface area contributed by atoms with Crippen molar-refractivity contribution in [3.05, 3.63) is 340 Å². The lowest BCUT2D eigenvalue weighted by molar-refractivity contribution is 0.198. The van der Waals surface area contributed by atoms with Gasteiger partial charge in [0.1, 0.15) is 46.5 Å². The Morgan fingerprint density at radius 1 is 0.415 bits per heavy atom. The molecule has 0 radical (unpaired) electrons. The number of aromatic nitrogens is 12. The first-order valence-electron chi connectivity index (χ1n) is 45.2. The molecule has 1 saturated heterocycles.